The van der Waals surface area contributed by atoms with E-state index in [1.54, 1.807) is 0 Å². The fourth-order valence-electron chi connectivity index (χ4n) is 2.79. The highest BCUT2D eigenvalue weighted by Gasteiger charge is 2.31. The number of nitrogens with zero attached hydrogens (tertiary/aromatic N) is 1. The van der Waals surface area contributed by atoms with E-state index >= 15 is 0 Å². The number of ether oxygens (including phenoxy) is 1. The number of aromatic nitrogens is 1. The topological polar surface area (TPSA) is 48.1 Å². The summed E-state index contributed by atoms with van der Waals surface area (Å²) < 4.78 is 5.47. The maximum Gasteiger partial charge on any atom is 0.140 e. The average molecular weight is 218 g/mol. The van der Waals surface area contributed by atoms with Crippen LogP contribution in [0.15, 0.2) is 12.3 Å². The first kappa shape index (κ1) is 10.1. The van der Waals surface area contributed by atoms with E-state index in [0.717, 1.165) is 37.3 Å². The smallest absolute Gasteiger partial charge is 0.140 e. The van der Waals surface area contributed by atoms with Crippen LogP contribution in [-0.2, 0) is 12.0 Å². The minimum absolute atomic E-state index is 0.185. The van der Waals surface area contributed by atoms with Gasteiger partial charge in [0.25, 0.3) is 0 Å². The summed E-state index contributed by atoms with van der Waals surface area (Å²) >= 11 is 0. The SMILES string of the molecule is NC1(c2cc3c(cn2)OCC3)CCCCC1. The number of hydrogen-bond acceptors (Lipinski definition) is 3. The first-order chi connectivity index (χ1) is 7.78. The lowest BCUT2D eigenvalue weighted by atomic mass is 9.79. The molecule has 86 valence electrons. The Morgan fingerprint density at radius 3 is 2.88 bits per heavy atom. The number of rotatable bonds is 1. The molecule has 1 aromatic heterocycles. The number of pyridine rings is 1. The zero-order valence-corrected chi connectivity index (χ0v) is 9.54. The second-order valence-corrected chi connectivity index (χ2v) is 4.99. The normalized spacial score (nSPS) is 22.6. The van der Waals surface area contributed by atoms with Crippen molar-refractivity contribution >= 4 is 0 Å². The van der Waals surface area contributed by atoms with Crippen LogP contribution < -0.4 is 10.5 Å². The van der Waals surface area contributed by atoms with Gasteiger partial charge in [-0.2, -0.15) is 0 Å². The van der Waals surface area contributed by atoms with E-state index in [0.29, 0.717) is 0 Å². The van der Waals surface area contributed by atoms with Gasteiger partial charge in [0.2, 0.25) is 0 Å². The Bertz CT molecular complexity index is 397. The van der Waals surface area contributed by atoms with E-state index in [9.17, 15) is 0 Å². The molecule has 0 saturated heterocycles. The maximum atomic E-state index is 6.47. The molecule has 0 bridgehead atoms. The molecular weight excluding hydrogens is 200 g/mol. The van der Waals surface area contributed by atoms with Crippen molar-refractivity contribution in [3.8, 4) is 5.75 Å². The van der Waals surface area contributed by atoms with Gasteiger partial charge in [0, 0.05) is 12.0 Å². The molecule has 16 heavy (non-hydrogen) atoms. The Balaban J connectivity index is 1.93. The quantitative estimate of drug-likeness (QED) is 0.785. The van der Waals surface area contributed by atoms with Gasteiger partial charge in [0.05, 0.1) is 24.0 Å². The molecule has 0 radical (unpaired) electrons. The molecule has 1 saturated carbocycles. The second kappa shape index (κ2) is 3.74. The minimum atomic E-state index is -0.185. The lowest BCUT2D eigenvalue weighted by Crippen LogP contribution is -2.39. The molecule has 3 heteroatoms. The van der Waals surface area contributed by atoms with Crippen molar-refractivity contribution in [2.24, 2.45) is 5.73 Å². The molecule has 3 nitrogen and oxygen atoms in total. The summed E-state index contributed by atoms with van der Waals surface area (Å²) in [5, 5.41) is 0. The minimum Gasteiger partial charge on any atom is -0.491 e. The summed E-state index contributed by atoms with van der Waals surface area (Å²) in [6.07, 6.45) is 8.76. The highest BCUT2D eigenvalue weighted by molar-refractivity contribution is 5.37. The van der Waals surface area contributed by atoms with Crippen LogP contribution in [0.2, 0.25) is 0 Å². The van der Waals surface area contributed by atoms with Crippen molar-refractivity contribution in [3.63, 3.8) is 0 Å². The van der Waals surface area contributed by atoms with E-state index < -0.39 is 0 Å². The fraction of sp³-hybridized carbons (Fsp3) is 0.615. The molecule has 2 heterocycles. The van der Waals surface area contributed by atoms with Gasteiger partial charge in [-0.1, -0.05) is 19.3 Å². The van der Waals surface area contributed by atoms with Gasteiger partial charge in [-0.05, 0) is 18.9 Å². The van der Waals surface area contributed by atoms with Gasteiger partial charge in [-0.3, -0.25) is 4.98 Å². The van der Waals surface area contributed by atoms with Crippen LogP contribution in [0.3, 0.4) is 0 Å². The Labute approximate surface area is 96.0 Å². The van der Waals surface area contributed by atoms with E-state index in [2.05, 4.69) is 11.1 Å². The number of fused-ring (bicyclic) bond motifs is 1. The molecule has 3 rings (SSSR count). The van der Waals surface area contributed by atoms with E-state index in [1.165, 1.54) is 24.8 Å². The maximum absolute atomic E-state index is 6.47. The Morgan fingerprint density at radius 1 is 1.25 bits per heavy atom. The molecule has 0 spiro atoms. The predicted molar refractivity (Wildman–Crippen MR) is 62.4 cm³/mol. The first-order valence-corrected chi connectivity index (χ1v) is 6.19. The van der Waals surface area contributed by atoms with Crippen LogP contribution in [0, 0.1) is 0 Å². The predicted octanol–water partition coefficient (Wildman–Crippen LogP) is 2.13. The summed E-state index contributed by atoms with van der Waals surface area (Å²) in [6.45, 7) is 0.790. The van der Waals surface area contributed by atoms with Gasteiger partial charge in [0.1, 0.15) is 5.75 Å². The first-order valence-electron chi connectivity index (χ1n) is 6.19. The molecule has 0 atom stereocenters. The molecule has 0 aromatic carbocycles. The number of nitrogens with two attached hydrogens (primary N) is 1. The van der Waals surface area contributed by atoms with Gasteiger partial charge >= 0.3 is 0 Å². The van der Waals surface area contributed by atoms with Crippen molar-refractivity contribution in [1.82, 2.24) is 4.98 Å². The van der Waals surface area contributed by atoms with Crippen LogP contribution in [0.25, 0.3) is 0 Å². The fourth-order valence-corrected chi connectivity index (χ4v) is 2.79. The van der Waals surface area contributed by atoms with E-state index in [-0.39, 0.29) is 5.54 Å². The summed E-state index contributed by atoms with van der Waals surface area (Å²) in [6, 6.07) is 2.16. The summed E-state index contributed by atoms with van der Waals surface area (Å²) in [7, 11) is 0. The van der Waals surface area contributed by atoms with Crippen molar-refractivity contribution in [3.05, 3.63) is 23.5 Å². The second-order valence-electron chi connectivity index (χ2n) is 4.99. The molecule has 0 amide bonds. The molecule has 1 aliphatic heterocycles. The van der Waals surface area contributed by atoms with Crippen LogP contribution >= 0.6 is 0 Å². The van der Waals surface area contributed by atoms with Gasteiger partial charge in [0.15, 0.2) is 0 Å². The van der Waals surface area contributed by atoms with Crippen LogP contribution in [-0.4, -0.2) is 11.6 Å². The molecule has 2 aliphatic rings. The van der Waals surface area contributed by atoms with Crippen LogP contribution in [0.4, 0.5) is 0 Å². The molecule has 0 unspecified atom stereocenters. The van der Waals surface area contributed by atoms with Crippen molar-refractivity contribution in [1.29, 1.82) is 0 Å². The monoisotopic (exact) mass is 218 g/mol. The lowest BCUT2D eigenvalue weighted by molar-refractivity contribution is 0.294. The third-order valence-corrected chi connectivity index (χ3v) is 3.83. The van der Waals surface area contributed by atoms with Gasteiger partial charge in [-0.25, -0.2) is 0 Å². The van der Waals surface area contributed by atoms with Crippen molar-refractivity contribution < 1.29 is 4.74 Å². The Hall–Kier alpha value is -1.09. The highest BCUT2D eigenvalue weighted by atomic mass is 16.5. The Kier molecular flexibility index (Phi) is 2.36. The average Bonchev–Trinajstić information content (AvgIpc) is 2.77. The van der Waals surface area contributed by atoms with Crippen LogP contribution in [0.1, 0.15) is 43.4 Å². The highest BCUT2D eigenvalue weighted by Crippen LogP contribution is 2.36. The lowest BCUT2D eigenvalue weighted by Gasteiger charge is -2.33. The molecule has 1 aliphatic carbocycles. The van der Waals surface area contributed by atoms with Gasteiger partial charge in [-0.15, -0.1) is 0 Å². The summed E-state index contributed by atoms with van der Waals surface area (Å²) in [5.74, 6) is 0.947. The Morgan fingerprint density at radius 2 is 2.06 bits per heavy atom. The number of hydrogen-bond donors (Lipinski definition) is 1. The third kappa shape index (κ3) is 1.59. The molecule has 1 fully saturated rings. The van der Waals surface area contributed by atoms with Crippen molar-refractivity contribution in [2.75, 3.05) is 6.61 Å². The summed E-state index contributed by atoms with van der Waals surface area (Å²) in [4.78, 5) is 4.50. The zero-order valence-electron chi connectivity index (χ0n) is 9.54. The summed E-state index contributed by atoms with van der Waals surface area (Å²) in [5.41, 5.74) is 8.63. The standard InChI is InChI=1S/C13H18N2O/c14-13(5-2-1-3-6-13)12-8-10-4-7-16-11(10)9-15-12/h8-9H,1-7,14H2. The molecule has 2 N–H and O–H groups in total. The van der Waals surface area contributed by atoms with E-state index in [4.69, 9.17) is 10.5 Å². The third-order valence-electron chi connectivity index (χ3n) is 3.83. The van der Waals surface area contributed by atoms with E-state index in [1.807, 2.05) is 6.20 Å². The largest absolute Gasteiger partial charge is 0.491 e. The van der Waals surface area contributed by atoms with Crippen molar-refractivity contribution in [2.45, 2.75) is 44.1 Å². The van der Waals surface area contributed by atoms with Gasteiger partial charge < -0.3 is 10.5 Å². The molecule has 1 aromatic rings. The molecular formula is C13H18N2O. The zero-order chi connectivity index (χ0) is 11.0. The van der Waals surface area contributed by atoms with Crippen LogP contribution in [0.5, 0.6) is 5.75 Å².